The second-order valence-electron chi connectivity index (χ2n) is 8.51. The molecule has 4 N–H and O–H groups in total. The van der Waals surface area contributed by atoms with Crippen LogP contribution < -0.4 is 16.0 Å². The van der Waals surface area contributed by atoms with Crippen LogP contribution in [-0.4, -0.2) is 59.6 Å². The fourth-order valence-corrected chi connectivity index (χ4v) is 3.16. The first-order valence-corrected chi connectivity index (χ1v) is 11.4. The molecular weight excluding hydrogens is 461 g/mol. The van der Waals surface area contributed by atoms with E-state index in [0.717, 1.165) is 5.56 Å². The van der Waals surface area contributed by atoms with Crippen molar-refractivity contribution in [3.63, 3.8) is 0 Å². The Morgan fingerprint density at radius 3 is 2.06 bits per heavy atom. The van der Waals surface area contributed by atoms with Gasteiger partial charge in [-0.25, -0.2) is 9.59 Å². The zero-order valence-electron chi connectivity index (χ0n) is 20.4. The lowest BCUT2D eigenvalue weighted by Crippen LogP contribution is -2.59. The van der Waals surface area contributed by atoms with Gasteiger partial charge in [0, 0.05) is 6.42 Å². The Labute approximate surface area is 204 Å². The number of carbonyl (C=O) groups excluding carboxylic acids is 4. The average Bonchev–Trinajstić information content (AvgIpc) is 2.83. The van der Waals surface area contributed by atoms with Gasteiger partial charge in [0.05, 0.1) is 6.67 Å². The number of alkyl halides is 1. The number of carbonyl (C=O) groups is 5. The van der Waals surface area contributed by atoms with E-state index in [1.807, 2.05) is 13.0 Å². The quantitative estimate of drug-likeness (QED) is 0.288. The number of hydrogen-bond donors (Lipinski definition) is 4. The Morgan fingerprint density at radius 2 is 1.54 bits per heavy atom. The lowest BCUT2D eigenvalue weighted by molar-refractivity contribution is -0.150. The minimum atomic E-state index is -1.80. The summed E-state index contributed by atoms with van der Waals surface area (Å²) in [5, 5.41) is 16.2. The van der Waals surface area contributed by atoms with Crippen molar-refractivity contribution in [2.24, 2.45) is 11.8 Å². The van der Waals surface area contributed by atoms with Crippen molar-refractivity contribution < 1.29 is 38.2 Å². The summed E-state index contributed by atoms with van der Waals surface area (Å²) >= 11 is 0. The number of ether oxygens (including phenoxy) is 1. The lowest BCUT2D eigenvalue weighted by Gasteiger charge is -2.28. The van der Waals surface area contributed by atoms with Crippen molar-refractivity contribution in [1.82, 2.24) is 16.0 Å². The second kappa shape index (κ2) is 14.7. The summed E-state index contributed by atoms with van der Waals surface area (Å²) in [6.45, 7) is 5.82. The Morgan fingerprint density at radius 1 is 0.943 bits per heavy atom. The molecule has 0 radical (unpaired) electrons. The molecular formula is C24H34FN3O7. The second-order valence-corrected chi connectivity index (χ2v) is 8.51. The number of carboxylic acids is 1. The summed E-state index contributed by atoms with van der Waals surface area (Å²) in [6.07, 6.45) is -0.795. The number of nitrogens with one attached hydrogen (secondary N) is 3. The van der Waals surface area contributed by atoms with Gasteiger partial charge in [-0.2, -0.15) is 0 Å². The standard InChI is InChI=1S/C24H34FN3O7/c1-5-15(4)19(28-24(34)35-13-16-9-7-6-8-10-16)22(31)27-18(14(2)3)21(30)26-17(11-12-25)20(29)23(32)33/h6-10,14-15,17-19H,5,11-13H2,1-4H3,(H,26,30)(H,27,31)(H,28,34)(H,32,33)/t15-,17?,18?,19?/m0/s1. The number of ketones is 1. The summed E-state index contributed by atoms with van der Waals surface area (Å²) in [5.41, 5.74) is 0.766. The normalized spacial score (nSPS) is 14.2. The molecule has 35 heavy (non-hydrogen) atoms. The Kier molecular flexibility index (Phi) is 12.4. The van der Waals surface area contributed by atoms with Crippen LogP contribution in [0.2, 0.25) is 0 Å². The maximum Gasteiger partial charge on any atom is 0.408 e. The maximum absolute atomic E-state index is 13.0. The van der Waals surface area contributed by atoms with E-state index < -0.39 is 66.8 Å². The summed E-state index contributed by atoms with van der Waals surface area (Å²) in [6, 6.07) is 5.22. The third-order valence-electron chi connectivity index (χ3n) is 5.47. The number of rotatable bonds is 14. The number of Topliss-reactive ketones (excluding diaryl/α,β-unsaturated/α-hetero) is 1. The number of carboxylic acid groups (broad SMARTS) is 1. The largest absolute Gasteiger partial charge is 0.475 e. The molecule has 0 aliphatic heterocycles. The van der Waals surface area contributed by atoms with E-state index in [0.29, 0.717) is 6.42 Å². The monoisotopic (exact) mass is 495 g/mol. The number of halogens is 1. The van der Waals surface area contributed by atoms with Gasteiger partial charge in [-0.1, -0.05) is 64.4 Å². The summed E-state index contributed by atoms with van der Waals surface area (Å²) in [5.74, 6) is -5.43. The number of hydrogen-bond acceptors (Lipinski definition) is 6. The summed E-state index contributed by atoms with van der Waals surface area (Å²) in [4.78, 5) is 60.9. The number of aliphatic carboxylic acids is 1. The molecule has 0 aliphatic carbocycles. The molecule has 194 valence electrons. The van der Waals surface area contributed by atoms with Crippen LogP contribution in [0.4, 0.5) is 9.18 Å². The van der Waals surface area contributed by atoms with Gasteiger partial charge in [-0.3, -0.25) is 18.8 Å². The molecule has 0 spiro atoms. The van der Waals surface area contributed by atoms with Crippen LogP contribution in [0.25, 0.3) is 0 Å². The van der Waals surface area contributed by atoms with Crippen LogP contribution in [0.15, 0.2) is 30.3 Å². The molecule has 1 rings (SSSR count). The Bertz CT molecular complexity index is 879. The van der Waals surface area contributed by atoms with Crippen molar-refractivity contribution in [3.05, 3.63) is 35.9 Å². The molecule has 1 aromatic carbocycles. The smallest absolute Gasteiger partial charge is 0.408 e. The first-order valence-electron chi connectivity index (χ1n) is 11.4. The predicted octanol–water partition coefficient (Wildman–Crippen LogP) is 1.97. The molecule has 0 saturated carbocycles. The van der Waals surface area contributed by atoms with Crippen molar-refractivity contribution in [2.75, 3.05) is 6.67 Å². The van der Waals surface area contributed by atoms with Gasteiger partial charge >= 0.3 is 12.1 Å². The molecule has 0 aliphatic rings. The van der Waals surface area contributed by atoms with Gasteiger partial charge in [0.1, 0.15) is 24.7 Å². The molecule has 0 fully saturated rings. The van der Waals surface area contributed by atoms with Crippen molar-refractivity contribution in [3.8, 4) is 0 Å². The number of alkyl carbamates (subject to hydrolysis) is 1. The van der Waals surface area contributed by atoms with Gasteiger partial charge in [0.2, 0.25) is 11.8 Å². The third-order valence-corrected chi connectivity index (χ3v) is 5.47. The predicted molar refractivity (Wildman–Crippen MR) is 125 cm³/mol. The summed E-state index contributed by atoms with van der Waals surface area (Å²) < 4.78 is 18.0. The van der Waals surface area contributed by atoms with Gasteiger partial charge in [-0.05, 0) is 17.4 Å². The molecule has 10 nitrogen and oxygen atoms in total. The van der Waals surface area contributed by atoms with E-state index in [1.165, 1.54) is 0 Å². The molecule has 1 aromatic rings. The highest BCUT2D eigenvalue weighted by molar-refractivity contribution is 6.35. The molecule has 3 unspecified atom stereocenters. The first-order chi connectivity index (χ1) is 16.5. The van der Waals surface area contributed by atoms with Crippen LogP contribution in [0.5, 0.6) is 0 Å². The van der Waals surface area contributed by atoms with Gasteiger partial charge in [0.15, 0.2) is 0 Å². The van der Waals surface area contributed by atoms with E-state index in [4.69, 9.17) is 9.84 Å². The minimum Gasteiger partial charge on any atom is -0.475 e. The van der Waals surface area contributed by atoms with Crippen LogP contribution in [0, 0.1) is 11.8 Å². The molecule has 0 heterocycles. The zero-order valence-corrected chi connectivity index (χ0v) is 20.4. The van der Waals surface area contributed by atoms with E-state index in [2.05, 4.69) is 16.0 Å². The van der Waals surface area contributed by atoms with Crippen molar-refractivity contribution in [2.45, 2.75) is 65.3 Å². The Hall–Kier alpha value is -3.50. The molecule has 11 heteroatoms. The van der Waals surface area contributed by atoms with E-state index >= 15 is 0 Å². The fourth-order valence-electron chi connectivity index (χ4n) is 3.16. The van der Waals surface area contributed by atoms with Crippen LogP contribution in [0.3, 0.4) is 0 Å². The molecule has 4 atom stereocenters. The third kappa shape index (κ3) is 9.71. The van der Waals surface area contributed by atoms with Crippen LogP contribution in [-0.2, 0) is 30.5 Å². The first kappa shape index (κ1) is 29.5. The van der Waals surface area contributed by atoms with Gasteiger partial charge in [0.25, 0.3) is 5.78 Å². The molecule has 0 saturated heterocycles. The van der Waals surface area contributed by atoms with E-state index in [1.54, 1.807) is 45.0 Å². The van der Waals surface area contributed by atoms with Gasteiger partial charge < -0.3 is 25.8 Å². The number of benzene rings is 1. The minimum absolute atomic E-state index is 0.00606. The molecule has 0 aromatic heterocycles. The van der Waals surface area contributed by atoms with Gasteiger partial charge in [-0.15, -0.1) is 0 Å². The average molecular weight is 496 g/mol. The molecule has 0 bridgehead atoms. The Balaban J connectivity index is 2.90. The SMILES string of the molecule is CC[C@H](C)C(NC(=O)OCc1ccccc1)C(=O)NC(C(=O)NC(CCF)C(=O)C(=O)O)C(C)C. The topological polar surface area (TPSA) is 151 Å². The fraction of sp³-hybridized carbons (Fsp3) is 0.542. The van der Waals surface area contributed by atoms with Crippen molar-refractivity contribution in [1.29, 1.82) is 0 Å². The van der Waals surface area contributed by atoms with E-state index in [-0.39, 0.29) is 12.5 Å². The van der Waals surface area contributed by atoms with Crippen LogP contribution >= 0.6 is 0 Å². The van der Waals surface area contributed by atoms with Crippen LogP contribution in [0.1, 0.15) is 46.1 Å². The molecule has 3 amide bonds. The number of amides is 3. The highest BCUT2D eigenvalue weighted by Crippen LogP contribution is 2.11. The highest BCUT2D eigenvalue weighted by atomic mass is 19.1. The van der Waals surface area contributed by atoms with E-state index in [9.17, 15) is 28.4 Å². The zero-order chi connectivity index (χ0) is 26.5. The summed E-state index contributed by atoms with van der Waals surface area (Å²) in [7, 11) is 0. The lowest BCUT2D eigenvalue weighted by atomic mass is 9.96. The maximum atomic E-state index is 13.0. The highest BCUT2D eigenvalue weighted by Gasteiger charge is 2.34. The van der Waals surface area contributed by atoms with Crippen molar-refractivity contribution >= 4 is 29.7 Å².